The quantitative estimate of drug-likeness (QED) is 0.729. The van der Waals surface area contributed by atoms with Crippen LogP contribution in [0.2, 0.25) is 5.02 Å². The van der Waals surface area contributed by atoms with Gasteiger partial charge in [0.25, 0.3) is 11.5 Å². The van der Waals surface area contributed by atoms with Gasteiger partial charge in [0, 0.05) is 12.3 Å². The highest BCUT2D eigenvalue weighted by Crippen LogP contribution is 2.19. The topological polar surface area (TPSA) is 108 Å². The molecule has 1 amide bonds. The lowest BCUT2D eigenvalue weighted by molar-refractivity contribution is 0.102. The number of carbonyl (C=O) groups excluding carboxylic acids is 1. The molecule has 0 fully saturated rings. The summed E-state index contributed by atoms with van der Waals surface area (Å²) in [6, 6.07) is 2.47. The van der Waals surface area contributed by atoms with E-state index in [-0.39, 0.29) is 11.4 Å². The fourth-order valence-corrected chi connectivity index (χ4v) is 1.40. The summed E-state index contributed by atoms with van der Waals surface area (Å²) in [5.41, 5.74) is -1.31. The molecule has 92 valence electrons. The first-order valence-electron chi connectivity index (χ1n) is 4.81. The summed E-state index contributed by atoms with van der Waals surface area (Å²) < 4.78 is 0. The molecular weight excluding hydrogens is 260 g/mol. The van der Waals surface area contributed by atoms with Crippen LogP contribution in [0.5, 0.6) is 0 Å². The number of rotatable bonds is 2. The van der Waals surface area contributed by atoms with Gasteiger partial charge in [0.1, 0.15) is 5.69 Å². The Bertz CT molecular complexity index is 678. The molecule has 0 aromatic carbocycles. The van der Waals surface area contributed by atoms with Gasteiger partial charge in [-0.25, -0.2) is 4.79 Å². The molecule has 0 saturated carbocycles. The van der Waals surface area contributed by atoms with Gasteiger partial charge in [-0.2, -0.15) is 0 Å². The zero-order valence-electron chi connectivity index (χ0n) is 8.86. The number of pyridine rings is 1. The van der Waals surface area contributed by atoms with E-state index in [1.165, 1.54) is 18.5 Å². The zero-order chi connectivity index (χ0) is 13.1. The van der Waals surface area contributed by atoms with Crippen LogP contribution < -0.4 is 16.6 Å². The second kappa shape index (κ2) is 4.84. The van der Waals surface area contributed by atoms with Crippen LogP contribution in [-0.2, 0) is 0 Å². The first kappa shape index (κ1) is 12.1. The van der Waals surface area contributed by atoms with Crippen molar-refractivity contribution < 1.29 is 4.79 Å². The number of amides is 1. The maximum atomic E-state index is 11.8. The molecule has 7 nitrogen and oxygen atoms in total. The maximum Gasteiger partial charge on any atom is 0.326 e. The average molecular weight is 267 g/mol. The van der Waals surface area contributed by atoms with Crippen LogP contribution in [-0.4, -0.2) is 20.9 Å². The number of halogens is 1. The van der Waals surface area contributed by atoms with Gasteiger partial charge in [0.2, 0.25) is 0 Å². The lowest BCUT2D eigenvalue weighted by atomic mass is 10.3. The van der Waals surface area contributed by atoms with E-state index in [2.05, 4.69) is 15.3 Å². The first-order chi connectivity index (χ1) is 8.56. The maximum absolute atomic E-state index is 11.8. The largest absolute Gasteiger partial charge is 0.326 e. The van der Waals surface area contributed by atoms with E-state index in [4.69, 9.17) is 11.6 Å². The zero-order valence-corrected chi connectivity index (χ0v) is 9.62. The Labute approximate surface area is 105 Å². The Morgan fingerprint density at radius 2 is 2.11 bits per heavy atom. The van der Waals surface area contributed by atoms with Crippen LogP contribution in [0.1, 0.15) is 10.5 Å². The number of aromatic nitrogens is 3. The molecule has 0 spiro atoms. The van der Waals surface area contributed by atoms with E-state index >= 15 is 0 Å². The van der Waals surface area contributed by atoms with E-state index < -0.39 is 17.2 Å². The predicted molar refractivity (Wildman–Crippen MR) is 64.9 cm³/mol. The molecule has 0 aliphatic carbocycles. The molecule has 2 aromatic rings. The van der Waals surface area contributed by atoms with Crippen LogP contribution in [0.3, 0.4) is 0 Å². The van der Waals surface area contributed by atoms with Crippen molar-refractivity contribution in [2.75, 3.05) is 5.32 Å². The molecule has 3 N–H and O–H groups in total. The summed E-state index contributed by atoms with van der Waals surface area (Å²) in [7, 11) is 0. The lowest BCUT2D eigenvalue weighted by Crippen LogP contribution is -2.27. The summed E-state index contributed by atoms with van der Waals surface area (Å²) >= 11 is 5.82. The number of nitrogens with one attached hydrogen (secondary N) is 3. The highest BCUT2D eigenvalue weighted by Gasteiger charge is 2.10. The van der Waals surface area contributed by atoms with Crippen LogP contribution >= 0.6 is 11.6 Å². The van der Waals surface area contributed by atoms with Crippen molar-refractivity contribution in [2.45, 2.75) is 0 Å². The van der Waals surface area contributed by atoms with E-state index in [9.17, 15) is 14.4 Å². The molecule has 0 atom stereocenters. The fourth-order valence-electron chi connectivity index (χ4n) is 1.25. The number of hydrogen-bond acceptors (Lipinski definition) is 4. The molecule has 0 aliphatic heterocycles. The molecular formula is C10H7ClN4O3. The number of H-pyrrole nitrogens is 2. The predicted octanol–water partition coefficient (Wildman–Crippen LogP) is 0.364. The average Bonchev–Trinajstić information content (AvgIpc) is 2.31. The van der Waals surface area contributed by atoms with Gasteiger partial charge >= 0.3 is 5.69 Å². The number of aromatic amines is 2. The van der Waals surface area contributed by atoms with Crippen molar-refractivity contribution in [1.29, 1.82) is 0 Å². The van der Waals surface area contributed by atoms with Crippen molar-refractivity contribution in [3.8, 4) is 0 Å². The Balaban J connectivity index is 2.30. The highest BCUT2D eigenvalue weighted by molar-refractivity contribution is 6.33. The Morgan fingerprint density at radius 1 is 1.33 bits per heavy atom. The summed E-state index contributed by atoms with van der Waals surface area (Å²) in [6.07, 6.45) is 2.82. The van der Waals surface area contributed by atoms with E-state index in [0.717, 1.165) is 6.07 Å². The SMILES string of the molecule is O=C(Nc1cnccc1Cl)c1cc(=O)[nH]c(=O)[nH]1. The summed E-state index contributed by atoms with van der Waals surface area (Å²) in [5.74, 6) is -0.659. The van der Waals surface area contributed by atoms with Crippen LogP contribution in [0.25, 0.3) is 0 Å². The van der Waals surface area contributed by atoms with Crippen molar-refractivity contribution in [3.05, 3.63) is 56.1 Å². The summed E-state index contributed by atoms with van der Waals surface area (Å²) in [4.78, 5) is 41.7. The Hall–Kier alpha value is -2.41. The van der Waals surface area contributed by atoms with Gasteiger partial charge in [-0.1, -0.05) is 11.6 Å². The highest BCUT2D eigenvalue weighted by atomic mass is 35.5. The fraction of sp³-hybridized carbons (Fsp3) is 0. The first-order valence-corrected chi connectivity index (χ1v) is 5.18. The molecule has 8 heteroatoms. The molecule has 0 saturated heterocycles. The van der Waals surface area contributed by atoms with Crippen LogP contribution in [0, 0.1) is 0 Å². The van der Waals surface area contributed by atoms with Crippen molar-refractivity contribution in [2.24, 2.45) is 0 Å². The Morgan fingerprint density at radius 3 is 2.78 bits per heavy atom. The normalized spacial score (nSPS) is 10.1. The molecule has 2 rings (SSSR count). The lowest BCUT2D eigenvalue weighted by Gasteiger charge is -2.05. The summed E-state index contributed by atoms with van der Waals surface area (Å²) in [5, 5.41) is 2.72. The minimum absolute atomic E-state index is 0.163. The van der Waals surface area contributed by atoms with Crippen LogP contribution in [0.4, 0.5) is 5.69 Å². The number of nitrogens with zero attached hydrogens (tertiary/aromatic N) is 1. The summed E-state index contributed by atoms with van der Waals surface area (Å²) in [6.45, 7) is 0. The van der Waals surface area contributed by atoms with E-state index in [1.807, 2.05) is 4.98 Å². The second-order valence-corrected chi connectivity index (χ2v) is 3.72. The standard InChI is InChI=1S/C10H7ClN4O3/c11-5-1-2-12-4-7(5)13-9(17)6-3-8(16)15-10(18)14-6/h1-4H,(H,13,17)(H2,14,15,16,18). The third kappa shape index (κ3) is 2.64. The van der Waals surface area contributed by atoms with Gasteiger partial charge in [-0.3, -0.25) is 19.6 Å². The van der Waals surface area contributed by atoms with Gasteiger partial charge in [-0.15, -0.1) is 0 Å². The van der Waals surface area contributed by atoms with Crippen molar-refractivity contribution in [1.82, 2.24) is 15.0 Å². The third-order valence-electron chi connectivity index (χ3n) is 2.02. The Kier molecular flexibility index (Phi) is 3.24. The molecule has 2 aromatic heterocycles. The van der Waals surface area contributed by atoms with Gasteiger partial charge < -0.3 is 10.3 Å². The molecule has 0 unspecified atom stereocenters. The molecule has 2 heterocycles. The van der Waals surface area contributed by atoms with E-state index in [1.54, 1.807) is 0 Å². The van der Waals surface area contributed by atoms with Crippen LogP contribution in [0.15, 0.2) is 34.1 Å². The van der Waals surface area contributed by atoms with Gasteiger partial charge in [-0.05, 0) is 6.07 Å². The number of hydrogen-bond donors (Lipinski definition) is 3. The molecule has 0 aliphatic rings. The molecule has 0 bridgehead atoms. The number of anilines is 1. The third-order valence-corrected chi connectivity index (χ3v) is 2.35. The second-order valence-electron chi connectivity index (χ2n) is 3.31. The van der Waals surface area contributed by atoms with Gasteiger partial charge in [0.15, 0.2) is 0 Å². The molecule has 0 radical (unpaired) electrons. The minimum atomic E-state index is -0.759. The van der Waals surface area contributed by atoms with Crippen molar-refractivity contribution >= 4 is 23.2 Å². The van der Waals surface area contributed by atoms with Gasteiger partial charge in [0.05, 0.1) is 16.9 Å². The monoisotopic (exact) mass is 266 g/mol. The van der Waals surface area contributed by atoms with Crippen molar-refractivity contribution in [3.63, 3.8) is 0 Å². The number of carbonyl (C=O) groups is 1. The van der Waals surface area contributed by atoms with E-state index in [0.29, 0.717) is 5.02 Å². The minimum Gasteiger partial charge on any atom is -0.318 e. The molecule has 18 heavy (non-hydrogen) atoms. The smallest absolute Gasteiger partial charge is 0.318 e.